The molecule has 33 heavy (non-hydrogen) atoms. The van der Waals surface area contributed by atoms with Gasteiger partial charge in [-0.05, 0) is 81.1 Å². The summed E-state index contributed by atoms with van der Waals surface area (Å²) in [5.74, 6) is -0.429. The Morgan fingerprint density at radius 2 is 1.61 bits per heavy atom. The fraction of sp³-hybridized carbons (Fsp3) is 0.333. The molecular weight excluding hydrogens is 442 g/mol. The van der Waals surface area contributed by atoms with Crippen LogP contribution in [0, 0.1) is 0 Å². The molecule has 1 saturated carbocycles. The summed E-state index contributed by atoms with van der Waals surface area (Å²) in [6.07, 6.45) is 3.87. The van der Waals surface area contributed by atoms with Crippen LogP contribution in [0.3, 0.4) is 0 Å². The van der Waals surface area contributed by atoms with Gasteiger partial charge in [0.15, 0.2) is 6.10 Å². The zero-order chi connectivity index (χ0) is 23.6. The highest BCUT2D eigenvalue weighted by atomic mass is 35.5. The molecule has 0 saturated heterocycles. The van der Waals surface area contributed by atoms with Gasteiger partial charge in [-0.15, -0.1) is 0 Å². The third-order valence-corrected chi connectivity index (χ3v) is 6.25. The van der Waals surface area contributed by atoms with Crippen molar-refractivity contribution >= 4 is 41.0 Å². The molecule has 4 rings (SSSR count). The predicted octanol–water partition coefficient (Wildman–Crippen LogP) is 3.88. The highest BCUT2D eigenvalue weighted by molar-refractivity contribution is 6.30. The first kappa shape index (κ1) is 22.8. The van der Waals surface area contributed by atoms with Crippen molar-refractivity contribution in [3.63, 3.8) is 0 Å². The minimum atomic E-state index is -0.939. The first-order valence-corrected chi connectivity index (χ1v) is 11.3. The van der Waals surface area contributed by atoms with Crippen LogP contribution < -0.4 is 16.4 Å². The van der Waals surface area contributed by atoms with E-state index in [9.17, 15) is 9.59 Å². The van der Waals surface area contributed by atoms with Gasteiger partial charge in [0, 0.05) is 16.3 Å². The Morgan fingerprint density at radius 1 is 1.00 bits per heavy atom. The number of rotatable bonds is 5. The quantitative estimate of drug-likeness (QED) is 0.508. The molecule has 4 N–H and O–H groups in total. The first-order chi connectivity index (χ1) is 15.8. The largest absolute Gasteiger partial charge is 0.451 e. The summed E-state index contributed by atoms with van der Waals surface area (Å²) in [5.41, 5.74) is 13.1. The molecule has 0 bridgehead atoms. The Bertz CT molecular complexity index is 1110. The summed E-state index contributed by atoms with van der Waals surface area (Å²) < 4.78 is 5.39. The minimum absolute atomic E-state index is 0.185. The third kappa shape index (κ3) is 4.71. The maximum absolute atomic E-state index is 12.6. The summed E-state index contributed by atoms with van der Waals surface area (Å²) in [6, 6.07) is 13.3. The van der Waals surface area contributed by atoms with Gasteiger partial charge in [-0.3, -0.25) is 9.69 Å². The van der Waals surface area contributed by atoms with Gasteiger partial charge in [0.05, 0.1) is 5.56 Å². The molecule has 0 amide bonds. The number of hydrogen-bond donors (Lipinski definition) is 2. The zero-order valence-electron chi connectivity index (χ0n) is 18.3. The second-order valence-electron chi connectivity index (χ2n) is 8.28. The van der Waals surface area contributed by atoms with E-state index in [-0.39, 0.29) is 17.7 Å². The highest BCUT2D eigenvalue weighted by Crippen LogP contribution is 2.39. The van der Waals surface area contributed by atoms with E-state index < -0.39 is 17.7 Å². The van der Waals surface area contributed by atoms with Gasteiger partial charge in [-0.2, -0.15) is 4.99 Å². The van der Waals surface area contributed by atoms with E-state index in [1.54, 1.807) is 55.5 Å². The van der Waals surface area contributed by atoms with Crippen molar-refractivity contribution in [2.45, 2.75) is 50.8 Å². The number of guanidine groups is 2. The van der Waals surface area contributed by atoms with Crippen LogP contribution in [0.4, 0.5) is 5.69 Å². The molecule has 8 nitrogen and oxygen atoms in total. The van der Waals surface area contributed by atoms with Gasteiger partial charge in [0.1, 0.15) is 5.66 Å². The number of ketones is 1. The Kier molecular flexibility index (Phi) is 6.37. The van der Waals surface area contributed by atoms with Gasteiger partial charge in [-0.1, -0.05) is 18.0 Å². The number of carbonyl (C=O) groups excluding carboxylic acids is 2. The Morgan fingerprint density at radius 3 is 2.24 bits per heavy atom. The average Bonchev–Trinajstić information content (AvgIpc) is 2.79. The number of benzene rings is 2. The Balaban J connectivity index is 1.49. The summed E-state index contributed by atoms with van der Waals surface area (Å²) >= 11 is 5.86. The molecule has 2 aliphatic rings. The number of nitrogens with zero attached hydrogens (tertiary/aromatic N) is 3. The lowest BCUT2D eigenvalue weighted by Crippen LogP contribution is -2.58. The van der Waals surface area contributed by atoms with Crippen molar-refractivity contribution in [1.29, 1.82) is 0 Å². The van der Waals surface area contributed by atoms with Crippen LogP contribution in [0.25, 0.3) is 0 Å². The molecule has 1 heterocycles. The van der Waals surface area contributed by atoms with Gasteiger partial charge in [0.25, 0.3) is 0 Å². The van der Waals surface area contributed by atoms with Crippen molar-refractivity contribution in [3.05, 3.63) is 64.7 Å². The van der Waals surface area contributed by atoms with Crippen LogP contribution in [-0.4, -0.2) is 35.4 Å². The van der Waals surface area contributed by atoms with E-state index in [2.05, 4.69) is 9.98 Å². The van der Waals surface area contributed by atoms with Crippen molar-refractivity contribution in [2.75, 3.05) is 4.90 Å². The van der Waals surface area contributed by atoms with E-state index in [0.717, 1.165) is 37.8 Å². The second kappa shape index (κ2) is 9.23. The minimum Gasteiger partial charge on any atom is -0.451 e. The number of ether oxygens (including phenoxy) is 1. The molecule has 9 heteroatoms. The Hall–Kier alpha value is -3.39. The first-order valence-electron chi connectivity index (χ1n) is 10.9. The fourth-order valence-corrected chi connectivity index (χ4v) is 4.50. The monoisotopic (exact) mass is 467 g/mol. The second-order valence-corrected chi connectivity index (χ2v) is 8.72. The molecule has 1 spiro atoms. The van der Waals surface area contributed by atoms with Gasteiger partial charge in [-0.25, -0.2) is 9.79 Å². The number of nitrogens with two attached hydrogens (primary N) is 2. The summed E-state index contributed by atoms with van der Waals surface area (Å²) in [5, 5.41) is 0.527. The molecule has 1 aliphatic heterocycles. The molecule has 1 atom stereocenters. The van der Waals surface area contributed by atoms with Crippen LogP contribution in [-0.2, 0) is 4.74 Å². The summed E-state index contributed by atoms with van der Waals surface area (Å²) in [6.45, 7) is 1.54. The Labute approximate surface area is 197 Å². The number of anilines is 1. The summed E-state index contributed by atoms with van der Waals surface area (Å²) in [7, 11) is 0. The van der Waals surface area contributed by atoms with Crippen LogP contribution in [0.15, 0.2) is 58.5 Å². The molecule has 172 valence electrons. The van der Waals surface area contributed by atoms with Gasteiger partial charge in [0.2, 0.25) is 17.7 Å². The maximum atomic E-state index is 12.6. The predicted molar refractivity (Wildman–Crippen MR) is 129 cm³/mol. The van der Waals surface area contributed by atoms with Crippen molar-refractivity contribution in [3.8, 4) is 0 Å². The van der Waals surface area contributed by atoms with Crippen LogP contribution in [0.1, 0.15) is 59.7 Å². The normalized spacial score (nSPS) is 18.3. The molecular formula is C24H26ClN5O3. The van der Waals surface area contributed by atoms with Crippen molar-refractivity contribution in [2.24, 2.45) is 21.5 Å². The van der Waals surface area contributed by atoms with Crippen LogP contribution in [0.5, 0.6) is 0 Å². The fourth-order valence-electron chi connectivity index (χ4n) is 4.37. The number of hydrogen-bond acceptors (Lipinski definition) is 8. The van der Waals surface area contributed by atoms with E-state index >= 15 is 0 Å². The molecule has 1 aliphatic carbocycles. The van der Waals surface area contributed by atoms with Crippen LogP contribution >= 0.6 is 11.6 Å². The number of esters is 1. The number of carbonyl (C=O) groups is 2. The lowest BCUT2D eigenvalue weighted by atomic mass is 9.87. The van der Waals surface area contributed by atoms with E-state index in [1.165, 1.54) is 0 Å². The standard InChI is InChI=1S/C24H26ClN5O3/c1-15(20(31)16-5-9-18(25)10-6-16)33-21(32)17-7-11-19(12-8-17)30-23(27)28-22(26)29-24(30)13-3-2-4-14-24/h5-12,15H,2-4,13-14H2,1H3,(H4,26,27,28,29). The number of halogens is 1. The smallest absolute Gasteiger partial charge is 0.338 e. The number of aliphatic imine (C=N–C) groups is 2. The maximum Gasteiger partial charge on any atom is 0.338 e. The van der Waals surface area contributed by atoms with E-state index in [0.29, 0.717) is 16.1 Å². The lowest BCUT2D eigenvalue weighted by molar-refractivity contribution is 0.0319. The lowest BCUT2D eigenvalue weighted by Gasteiger charge is -2.45. The highest BCUT2D eigenvalue weighted by Gasteiger charge is 2.42. The topological polar surface area (TPSA) is 123 Å². The molecule has 0 aromatic heterocycles. The molecule has 2 aromatic carbocycles. The molecule has 1 fully saturated rings. The van der Waals surface area contributed by atoms with E-state index in [1.807, 2.05) is 4.90 Å². The van der Waals surface area contributed by atoms with Crippen molar-refractivity contribution < 1.29 is 14.3 Å². The number of Topliss-reactive ketones (excluding diaryl/α,β-unsaturated/α-hetero) is 1. The van der Waals surface area contributed by atoms with Gasteiger partial charge < -0.3 is 16.2 Å². The SMILES string of the molecule is CC(OC(=O)c1ccc(N2C(N)=NC(N)=NC23CCCCC3)cc1)C(=O)c1ccc(Cl)cc1. The zero-order valence-corrected chi connectivity index (χ0v) is 19.1. The summed E-state index contributed by atoms with van der Waals surface area (Å²) in [4.78, 5) is 35.9. The molecule has 0 radical (unpaired) electrons. The third-order valence-electron chi connectivity index (χ3n) is 5.99. The van der Waals surface area contributed by atoms with Gasteiger partial charge >= 0.3 is 5.97 Å². The average molecular weight is 468 g/mol. The molecule has 1 unspecified atom stereocenters. The van der Waals surface area contributed by atoms with Crippen LogP contribution in [0.2, 0.25) is 5.02 Å². The van der Waals surface area contributed by atoms with Crippen molar-refractivity contribution in [1.82, 2.24) is 0 Å². The van der Waals surface area contributed by atoms with E-state index in [4.69, 9.17) is 27.8 Å². The molecule has 2 aromatic rings.